The van der Waals surface area contributed by atoms with Gasteiger partial charge in [-0.2, -0.15) is 0 Å². The average Bonchev–Trinajstić information content (AvgIpc) is 2.31. The highest BCUT2D eigenvalue weighted by Crippen LogP contribution is 2.30. The molecule has 0 amide bonds. The standard InChI is InChI=1S/C11H13NO5/c1-7(11(13)14)17-10-8(6-12-15)4-3-5-9(10)16-2/h3-7,15H,1-2H3,(H,13,14)/t7-/m1/s1. The fourth-order valence-corrected chi connectivity index (χ4v) is 1.21. The third kappa shape index (κ3) is 3.10. The third-order valence-electron chi connectivity index (χ3n) is 2.07. The van der Waals surface area contributed by atoms with E-state index in [9.17, 15) is 4.79 Å². The van der Waals surface area contributed by atoms with Crippen LogP contribution in [-0.4, -0.2) is 35.7 Å². The number of hydrogen-bond donors (Lipinski definition) is 2. The van der Waals surface area contributed by atoms with Crippen LogP contribution >= 0.6 is 0 Å². The van der Waals surface area contributed by atoms with E-state index in [1.165, 1.54) is 14.0 Å². The summed E-state index contributed by atoms with van der Waals surface area (Å²) in [6.07, 6.45) is 0.115. The zero-order chi connectivity index (χ0) is 12.8. The molecule has 0 fully saturated rings. The van der Waals surface area contributed by atoms with E-state index in [1.54, 1.807) is 18.2 Å². The first kappa shape index (κ1) is 12.8. The van der Waals surface area contributed by atoms with Crippen molar-refractivity contribution in [3.05, 3.63) is 23.8 Å². The van der Waals surface area contributed by atoms with E-state index in [-0.39, 0.29) is 5.75 Å². The first-order valence-corrected chi connectivity index (χ1v) is 4.84. The van der Waals surface area contributed by atoms with Crippen LogP contribution in [0.5, 0.6) is 11.5 Å². The summed E-state index contributed by atoms with van der Waals surface area (Å²) in [6.45, 7) is 1.40. The number of hydrogen-bond acceptors (Lipinski definition) is 5. The van der Waals surface area contributed by atoms with E-state index in [0.717, 1.165) is 6.21 Å². The molecule has 0 saturated heterocycles. The molecule has 6 nitrogen and oxygen atoms in total. The molecule has 0 bridgehead atoms. The minimum absolute atomic E-state index is 0.225. The molecule has 1 aromatic carbocycles. The second-order valence-corrected chi connectivity index (χ2v) is 3.22. The first-order valence-electron chi connectivity index (χ1n) is 4.84. The Morgan fingerprint density at radius 3 is 2.76 bits per heavy atom. The maximum Gasteiger partial charge on any atom is 0.344 e. The highest BCUT2D eigenvalue weighted by atomic mass is 16.5. The van der Waals surface area contributed by atoms with Gasteiger partial charge < -0.3 is 19.8 Å². The molecule has 92 valence electrons. The van der Waals surface area contributed by atoms with Crippen LogP contribution in [0.15, 0.2) is 23.4 Å². The topological polar surface area (TPSA) is 88.4 Å². The molecule has 0 unspecified atom stereocenters. The van der Waals surface area contributed by atoms with E-state index in [0.29, 0.717) is 11.3 Å². The largest absolute Gasteiger partial charge is 0.493 e. The Morgan fingerprint density at radius 1 is 1.53 bits per heavy atom. The van der Waals surface area contributed by atoms with Gasteiger partial charge in [0.1, 0.15) is 0 Å². The van der Waals surface area contributed by atoms with Gasteiger partial charge in [0, 0.05) is 5.56 Å². The molecule has 0 aromatic heterocycles. The summed E-state index contributed by atoms with van der Waals surface area (Å²) in [4.78, 5) is 10.7. The van der Waals surface area contributed by atoms with E-state index in [4.69, 9.17) is 19.8 Å². The summed E-state index contributed by atoms with van der Waals surface area (Å²) in [7, 11) is 1.44. The third-order valence-corrected chi connectivity index (χ3v) is 2.07. The van der Waals surface area contributed by atoms with Crippen molar-refractivity contribution in [2.24, 2.45) is 5.16 Å². The minimum Gasteiger partial charge on any atom is -0.493 e. The van der Waals surface area contributed by atoms with Crippen molar-refractivity contribution in [1.29, 1.82) is 0 Å². The minimum atomic E-state index is -1.09. The monoisotopic (exact) mass is 239 g/mol. The number of aliphatic carboxylic acids is 1. The lowest BCUT2D eigenvalue weighted by atomic mass is 10.2. The molecule has 0 heterocycles. The summed E-state index contributed by atoms with van der Waals surface area (Å²) >= 11 is 0. The molecule has 0 aliphatic rings. The van der Waals surface area contributed by atoms with Gasteiger partial charge in [0.2, 0.25) is 0 Å². The van der Waals surface area contributed by atoms with Crippen LogP contribution in [0.4, 0.5) is 0 Å². The number of oxime groups is 1. The molecular formula is C11H13NO5. The van der Waals surface area contributed by atoms with Crippen LogP contribution in [0, 0.1) is 0 Å². The van der Waals surface area contributed by atoms with Crippen LogP contribution < -0.4 is 9.47 Å². The van der Waals surface area contributed by atoms with Crippen molar-refractivity contribution in [3.63, 3.8) is 0 Å². The molecule has 0 aliphatic heterocycles. The number of rotatable bonds is 5. The number of para-hydroxylation sites is 1. The number of ether oxygens (including phenoxy) is 2. The Labute approximate surface area is 98.1 Å². The Morgan fingerprint density at radius 2 is 2.24 bits per heavy atom. The van der Waals surface area contributed by atoms with Crippen molar-refractivity contribution in [2.75, 3.05) is 7.11 Å². The van der Waals surface area contributed by atoms with E-state index < -0.39 is 12.1 Å². The number of methoxy groups -OCH3 is 1. The van der Waals surface area contributed by atoms with Gasteiger partial charge in [-0.15, -0.1) is 0 Å². The van der Waals surface area contributed by atoms with Gasteiger partial charge in [-0.05, 0) is 19.1 Å². The van der Waals surface area contributed by atoms with Gasteiger partial charge in [0.05, 0.1) is 13.3 Å². The molecule has 0 saturated carbocycles. The van der Waals surface area contributed by atoms with Gasteiger partial charge in [0.15, 0.2) is 17.6 Å². The van der Waals surface area contributed by atoms with Crippen molar-refractivity contribution in [1.82, 2.24) is 0 Å². The number of carbonyl (C=O) groups is 1. The summed E-state index contributed by atoms with van der Waals surface area (Å²) in [5.74, 6) is -0.499. The SMILES string of the molecule is COc1cccc(C=NO)c1O[C@H](C)C(=O)O. The molecule has 1 atom stereocenters. The molecule has 0 radical (unpaired) electrons. The van der Waals surface area contributed by atoms with Crippen LogP contribution in [0.3, 0.4) is 0 Å². The van der Waals surface area contributed by atoms with Crippen molar-refractivity contribution in [2.45, 2.75) is 13.0 Å². The number of carboxylic acid groups (broad SMARTS) is 1. The van der Waals surface area contributed by atoms with Crippen LogP contribution in [0.25, 0.3) is 0 Å². The molecule has 17 heavy (non-hydrogen) atoms. The molecule has 0 spiro atoms. The maximum atomic E-state index is 10.7. The molecule has 2 N–H and O–H groups in total. The van der Waals surface area contributed by atoms with E-state index >= 15 is 0 Å². The Hall–Kier alpha value is -2.24. The van der Waals surface area contributed by atoms with E-state index in [2.05, 4.69) is 5.16 Å². The van der Waals surface area contributed by atoms with Crippen molar-refractivity contribution < 1.29 is 24.6 Å². The Bertz CT molecular complexity index is 430. The van der Waals surface area contributed by atoms with E-state index in [1.807, 2.05) is 0 Å². The molecule has 0 aliphatic carbocycles. The summed E-state index contributed by atoms with van der Waals surface area (Å²) in [5.41, 5.74) is 0.431. The Balaban J connectivity index is 3.12. The van der Waals surface area contributed by atoms with Crippen LogP contribution in [-0.2, 0) is 4.79 Å². The zero-order valence-corrected chi connectivity index (χ0v) is 9.45. The van der Waals surface area contributed by atoms with Crippen molar-refractivity contribution in [3.8, 4) is 11.5 Å². The summed E-state index contributed by atoms with van der Waals surface area (Å²) < 4.78 is 10.3. The molecule has 1 rings (SSSR count). The predicted molar refractivity (Wildman–Crippen MR) is 60.1 cm³/mol. The first-order chi connectivity index (χ1) is 8.10. The predicted octanol–water partition coefficient (Wildman–Crippen LogP) is 1.36. The maximum absolute atomic E-state index is 10.7. The van der Waals surface area contributed by atoms with Gasteiger partial charge >= 0.3 is 5.97 Å². The fraction of sp³-hybridized carbons (Fsp3) is 0.273. The average molecular weight is 239 g/mol. The normalized spacial score (nSPS) is 12.4. The molecule has 6 heteroatoms. The summed E-state index contributed by atoms with van der Waals surface area (Å²) in [6, 6.07) is 4.92. The van der Waals surface area contributed by atoms with Gasteiger partial charge in [0.25, 0.3) is 0 Å². The Kier molecular flexibility index (Phi) is 4.33. The highest BCUT2D eigenvalue weighted by molar-refractivity contribution is 5.85. The quantitative estimate of drug-likeness (QED) is 0.460. The van der Waals surface area contributed by atoms with Crippen LogP contribution in [0.2, 0.25) is 0 Å². The second-order valence-electron chi connectivity index (χ2n) is 3.22. The lowest BCUT2D eigenvalue weighted by molar-refractivity contribution is -0.144. The van der Waals surface area contributed by atoms with Gasteiger partial charge in [-0.25, -0.2) is 4.79 Å². The van der Waals surface area contributed by atoms with Crippen LogP contribution in [0.1, 0.15) is 12.5 Å². The molecule has 1 aromatic rings. The second kappa shape index (κ2) is 5.74. The number of nitrogens with zero attached hydrogens (tertiary/aromatic N) is 1. The van der Waals surface area contributed by atoms with Crippen molar-refractivity contribution >= 4 is 12.2 Å². The van der Waals surface area contributed by atoms with Gasteiger partial charge in [-0.1, -0.05) is 11.2 Å². The smallest absolute Gasteiger partial charge is 0.344 e. The summed E-state index contributed by atoms with van der Waals surface area (Å²) in [5, 5.41) is 20.2. The lowest BCUT2D eigenvalue weighted by Gasteiger charge is -2.15. The highest BCUT2D eigenvalue weighted by Gasteiger charge is 2.17. The fourth-order valence-electron chi connectivity index (χ4n) is 1.21. The van der Waals surface area contributed by atoms with Gasteiger partial charge in [-0.3, -0.25) is 0 Å². The zero-order valence-electron chi connectivity index (χ0n) is 9.45. The number of benzene rings is 1. The number of carboxylic acids is 1. The lowest BCUT2D eigenvalue weighted by Crippen LogP contribution is -2.23. The molecular weight excluding hydrogens is 226 g/mol.